The van der Waals surface area contributed by atoms with Crippen LogP contribution in [0.3, 0.4) is 0 Å². The molecule has 7 heteroatoms. The molecule has 1 aromatic heterocycles. The minimum absolute atomic E-state index is 0.254. The summed E-state index contributed by atoms with van der Waals surface area (Å²) >= 11 is 3.55. The van der Waals surface area contributed by atoms with Crippen LogP contribution in [0.5, 0.6) is 5.75 Å². The molecule has 1 aromatic carbocycles. The van der Waals surface area contributed by atoms with Crippen molar-refractivity contribution in [3.05, 3.63) is 27.9 Å². The number of halogens is 1. The highest BCUT2D eigenvalue weighted by molar-refractivity contribution is 9.10. The van der Waals surface area contributed by atoms with Crippen LogP contribution in [0.2, 0.25) is 0 Å². The van der Waals surface area contributed by atoms with E-state index < -0.39 is 0 Å². The lowest BCUT2D eigenvalue weighted by atomic mass is 10.1. The Morgan fingerprint density at radius 1 is 1.36 bits per heavy atom. The minimum atomic E-state index is -0.254. The number of carbonyl (C=O) groups is 1. The zero-order chi connectivity index (χ0) is 18.0. The van der Waals surface area contributed by atoms with Crippen molar-refractivity contribution in [2.45, 2.75) is 13.5 Å². The van der Waals surface area contributed by atoms with Gasteiger partial charge in [-0.05, 0) is 35.0 Å². The number of esters is 1. The first-order chi connectivity index (χ1) is 12.1. The molecule has 0 bridgehead atoms. The third-order valence-electron chi connectivity index (χ3n) is 4.90. The topological polar surface area (TPSA) is 61.5 Å². The van der Waals surface area contributed by atoms with Gasteiger partial charge in [0, 0.05) is 12.4 Å². The minimum Gasteiger partial charge on any atom is -0.496 e. The predicted octanol–water partition coefficient (Wildman–Crippen LogP) is 0.0880. The first kappa shape index (κ1) is 18.2. The molecule has 0 unspecified atom stereocenters. The van der Waals surface area contributed by atoms with Crippen molar-refractivity contribution in [3.63, 3.8) is 0 Å². The average molecular weight is 412 g/mol. The molecule has 0 saturated carbocycles. The van der Waals surface area contributed by atoms with E-state index in [1.54, 1.807) is 7.11 Å². The Balaban J connectivity index is 2.13. The standard InChI is InChI=1S/C18H24BrN3O3/c1-4-25-18(23)17-12-9-16(24-3)13(19)10-14(12)21(2)15(17)11-22-7-5-20-6-8-22/h9-10,20H,4-8,11H2,1-3H3/p+2. The molecular weight excluding hydrogens is 386 g/mol. The van der Waals surface area contributed by atoms with Crippen LogP contribution in [0.15, 0.2) is 16.6 Å². The quantitative estimate of drug-likeness (QED) is 0.685. The molecule has 3 rings (SSSR count). The Morgan fingerprint density at radius 2 is 2.08 bits per heavy atom. The van der Waals surface area contributed by atoms with Crippen molar-refractivity contribution in [1.29, 1.82) is 0 Å². The smallest absolute Gasteiger partial charge is 0.340 e. The molecule has 3 N–H and O–H groups in total. The number of carbonyl (C=O) groups excluding carboxylic acids is 1. The summed E-state index contributed by atoms with van der Waals surface area (Å²) < 4.78 is 13.8. The molecule has 0 amide bonds. The van der Waals surface area contributed by atoms with Gasteiger partial charge in [0.15, 0.2) is 0 Å². The van der Waals surface area contributed by atoms with Crippen molar-refractivity contribution < 1.29 is 24.5 Å². The molecule has 1 fully saturated rings. The summed E-state index contributed by atoms with van der Waals surface area (Å²) in [6.07, 6.45) is 0. The van der Waals surface area contributed by atoms with Crippen LogP contribution in [0.25, 0.3) is 10.9 Å². The van der Waals surface area contributed by atoms with Crippen LogP contribution in [0.4, 0.5) is 0 Å². The van der Waals surface area contributed by atoms with Gasteiger partial charge in [-0.2, -0.15) is 0 Å². The molecule has 1 saturated heterocycles. The Bertz CT molecular complexity index is 782. The van der Waals surface area contributed by atoms with Crippen LogP contribution in [-0.2, 0) is 18.3 Å². The third-order valence-corrected chi connectivity index (χ3v) is 5.52. The van der Waals surface area contributed by atoms with Crippen LogP contribution < -0.4 is 15.0 Å². The fourth-order valence-corrected chi connectivity index (χ4v) is 4.07. The van der Waals surface area contributed by atoms with Gasteiger partial charge >= 0.3 is 5.97 Å². The number of fused-ring (bicyclic) bond motifs is 1. The second kappa shape index (κ2) is 7.76. The summed E-state index contributed by atoms with van der Waals surface area (Å²) in [5, 5.41) is 3.23. The summed E-state index contributed by atoms with van der Waals surface area (Å²) in [6.45, 7) is 7.51. The van der Waals surface area contributed by atoms with Crippen molar-refractivity contribution in [2.75, 3.05) is 39.9 Å². The molecule has 25 heavy (non-hydrogen) atoms. The highest BCUT2D eigenvalue weighted by Crippen LogP contribution is 2.34. The molecule has 136 valence electrons. The van der Waals surface area contributed by atoms with Gasteiger partial charge in [0.05, 0.1) is 35.0 Å². The number of hydrogen-bond acceptors (Lipinski definition) is 3. The Labute approximate surface area is 156 Å². The van der Waals surface area contributed by atoms with Crippen LogP contribution in [0.1, 0.15) is 23.0 Å². The van der Waals surface area contributed by atoms with E-state index in [2.05, 4.69) is 25.8 Å². The maximum atomic E-state index is 12.7. The third kappa shape index (κ3) is 3.54. The van der Waals surface area contributed by atoms with Gasteiger partial charge in [0.25, 0.3) is 0 Å². The number of piperazine rings is 1. The molecule has 0 aliphatic carbocycles. The number of methoxy groups -OCH3 is 1. The lowest BCUT2D eigenvalue weighted by Gasteiger charge is -2.22. The predicted molar refractivity (Wildman–Crippen MR) is 99.2 cm³/mol. The number of rotatable bonds is 5. The van der Waals surface area contributed by atoms with Gasteiger partial charge < -0.3 is 24.3 Å². The number of aryl methyl sites for hydroxylation is 1. The molecule has 2 heterocycles. The van der Waals surface area contributed by atoms with Gasteiger partial charge in [0.2, 0.25) is 0 Å². The molecule has 0 radical (unpaired) electrons. The maximum Gasteiger partial charge on any atom is 0.340 e. The lowest BCUT2D eigenvalue weighted by molar-refractivity contribution is -0.958. The summed E-state index contributed by atoms with van der Waals surface area (Å²) in [5.41, 5.74) is 2.71. The fourth-order valence-electron chi connectivity index (χ4n) is 3.58. The zero-order valence-electron chi connectivity index (χ0n) is 15.0. The Morgan fingerprint density at radius 3 is 2.72 bits per heavy atom. The second-order valence-corrected chi connectivity index (χ2v) is 7.25. The zero-order valence-corrected chi connectivity index (χ0v) is 16.6. The van der Waals surface area contributed by atoms with Gasteiger partial charge in [-0.25, -0.2) is 4.79 Å². The van der Waals surface area contributed by atoms with E-state index in [4.69, 9.17) is 9.47 Å². The molecular formula is C18H26BrN3O3+2. The Hall–Kier alpha value is -1.57. The van der Waals surface area contributed by atoms with E-state index in [-0.39, 0.29) is 5.97 Å². The summed E-state index contributed by atoms with van der Waals surface area (Å²) in [5.74, 6) is 0.463. The van der Waals surface area contributed by atoms with Crippen molar-refractivity contribution in [3.8, 4) is 5.75 Å². The van der Waals surface area contributed by atoms with Crippen molar-refractivity contribution in [1.82, 2.24) is 4.57 Å². The monoisotopic (exact) mass is 411 g/mol. The number of nitrogens with two attached hydrogens (primary N) is 1. The lowest BCUT2D eigenvalue weighted by Crippen LogP contribution is -3.19. The van der Waals surface area contributed by atoms with Gasteiger partial charge in [-0.1, -0.05) is 0 Å². The van der Waals surface area contributed by atoms with E-state index in [9.17, 15) is 4.79 Å². The molecule has 1 aliphatic heterocycles. The largest absolute Gasteiger partial charge is 0.496 e. The molecule has 6 nitrogen and oxygen atoms in total. The highest BCUT2D eigenvalue weighted by atomic mass is 79.9. The van der Waals surface area contributed by atoms with Crippen LogP contribution >= 0.6 is 15.9 Å². The molecule has 2 aromatic rings. The summed E-state index contributed by atoms with van der Waals surface area (Å²) in [6, 6.07) is 3.94. The van der Waals surface area contributed by atoms with E-state index in [0.29, 0.717) is 12.2 Å². The normalized spacial score (nSPS) is 15.5. The second-order valence-electron chi connectivity index (χ2n) is 6.40. The van der Waals surface area contributed by atoms with E-state index >= 15 is 0 Å². The van der Waals surface area contributed by atoms with E-state index in [1.165, 1.54) is 4.90 Å². The molecule has 1 aliphatic rings. The Kier molecular flexibility index (Phi) is 5.66. The number of aromatic nitrogens is 1. The van der Waals surface area contributed by atoms with Crippen molar-refractivity contribution >= 4 is 32.8 Å². The average Bonchev–Trinajstić information content (AvgIpc) is 2.87. The summed E-state index contributed by atoms with van der Waals surface area (Å²) in [7, 11) is 3.66. The number of nitrogens with one attached hydrogen (secondary N) is 1. The van der Waals surface area contributed by atoms with Crippen molar-refractivity contribution in [2.24, 2.45) is 7.05 Å². The van der Waals surface area contributed by atoms with Gasteiger partial charge in [-0.15, -0.1) is 0 Å². The number of quaternary nitrogens is 2. The number of hydrogen-bond donors (Lipinski definition) is 2. The van der Waals surface area contributed by atoms with Crippen LogP contribution in [0, 0.1) is 0 Å². The fraction of sp³-hybridized carbons (Fsp3) is 0.500. The van der Waals surface area contributed by atoms with E-state index in [0.717, 1.165) is 59.5 Å². The number of benzene rings is 1. The first-order valence-electron chi connectivity index (χ1n) is 8.74. The highest BCUT2D eigenvalue weighted by Gasteiger charge is 2.27. The maximum absolute atomic E-state index is 12.7. The van der Waals surface area contributed by atoms with E-state index in [1.807, 2.05) is 26.1 Å². The summed E-state index contributed by atoms with van der Waals surface area (Å²) in [4.78, 5) is 14.2. The molecule has 0 spiro atoms. The van der Waals surface area contributed by atoms with Crippen LogP contribution in [-0.4, -0.2) is 50.4 Å². The van der Waals surface area contributed by atoms with Gasteiger partial charge in [0.1, 0.15) is 38.5 Å². The van der Waals surface area contributed by atoms with Gasteiger partial charge in [-0.3, -0.25) is 0 Å². The number of ether oxygens (including phenoxy) is 2. The SMILES string of the molecule is CCOC(=O)c1c(C[NH+]2CC[NH2+]CC2)n(C)c2cc(Br)c(OC)cc12. The molecule has 0 atom stereocenters. The first-order valence-corrected chi connectivity index (χ1v) is 9.53. The number of nitrogens with zero attached hydrogens (tertiary/aromatic N) is 1.